The van der Waals surface area contributed by atoms with Gasteiger partial charge in [0.25, 0.3) is 5.91 Å². The lowest BCUT2D eigenvalue weighted by Crippen LogP contribution is -2.40. The van der Waals surface area contributed by atoms with Crippen LogP contribution in [0.2, 0.25) is 0 Å². The third-order valence-electron chi connectivity index (χ3n) is 3.56. The first-order valence-electron chi connectivity index (χ1n) is 7.59. The number of carbonyl (C=O) groups is 2. The average Bonchev–Trinajstić information content (AvgIpc) is 2.85. The van der Waals surface area contributed by atoms with E-state index in [0.717, 1.165) is 17.1 Å². The van der Waals surface area contributed by atoms with Crippen LogP contribution in [0.1, 0.15) is 41.5 Å². The van der Waals surface area contributed by atoms with Gasteiger partial charge in [0.15, 0.2) is 0 Å². The van der Waals surface area contributed by atoms with Gasteiger partial charge >= 0.3 is 5.97 Å². The number of benzene rings is 1. The number of carboxylic acids is 1. The number of amides is 1. The lowest BCUT2D eigenvalue weighted by Gasteiger charge is -2.13. The summed E-state index contributed by atoms with van der Waals surface area (Å²) in [5.74, 6) is -1.40. The average molecular weight is 315 g/mol. The number of aliphatic carboxylic acids is 1. The normalized spacial score (nSPS) is 12.0. The molecule has 1 amide bonds. The Hall–Kier alpha value is -2.63. The fourth-order valence-electron chi connectivity index (χ4n) is 2.43. The highest BCUT2D eigenvalue weighted by molar-refractivity contribution is 5.96. The fourth-order valence-corrected chi connectivity index (χ4v) is 2.43. The van der Waals surface area contributed by atoms with Crippen molar-refractivity contribution in [3.8, 4) is 5.69 Å². The molecule has 2 rings (SSSR count). The fraction of sp³-hybridized carbons (Fsp3) is 0.353. The number of aryl methyl sites for hydroxylation is 2. The van der Waals surface area contributed by atoms with E-state index in [2.05, 4.69) is 10.4 Å². The highest BCUT2D eigenvalue weighted by atomic mass is 16.4. The first-order chi connectivity index (χ1) is 10.9. The molecule has 23 heavy (non-hydrogen) atoms. The van der Waals surface area contributed by atoms with Gasteiger partial charge in [0.1, 0.15) is 6.04 Å². The van der Waals surface area contributed by atoms with Gasteiger partial charge in [-0.25, -0.2) is 9.48 Å². The van der Waals surface area contributed by atoms with E-state index >= 15 is 0 Å². The molecule has 1 aromatic heterocycles. The van der Waals surface area contributed by atoms with Crippen molar-refractivity contribution in [2.75, 3.05) is 0 Å². The summed E-state index contributed by atoms with van der Waals surface area (Å²) in [6, 6.07) is 8.05. The second kappa shape index (κ2) is 7.09. The summed E-state index contributed by atoms with van der Waals surface area (Å²) in [5, 5.41) is 16.0. The van der Waals surface area contributed by atoms with E-state index in [0.29, 0.717) is 18.4 Å². The molecule has 6 nitrogen and oxygen atoms in total. The second-order valence-corrected chi connectivity index (χ2v) is 5.54. The number of carboxylic acid groups (broad SMARTS) is 1. The molecule has 1 unspecified atom stereocenters. The number of nitrogens with one attached hydrogen (secondary N) is 1. The Balaban J connectivity index is 2.14. The Kier molecular flexibility index (Phi) is 5.16. The molecule has 0 fully saturated rings. The monoisotopic (exact) mass is 315 g/mol. The lowest BCUT2D eigenvalue weighted by molar-refractivity contribution is -0.139. The van der Waals surface area contributed by atoms with E-state index in [1.165, 1.54) is 0 Å². The molecular formula is C17H21N3O3. The van der Waals surface area contributed by atoms with E-state index in [4.69, 9.17) is 5.11 Å². The van der Waals surface area contributed by atoms with Crippen molar-refractivity contribution in [1.82, 2.24) is 15.1 Å². The van der Waals surface area contributed by atoms with Gasteiger partial charge in [-0.05, 0) is 50.6 Å². The molecule has 0 aliphatic heterocycles. The third kappa shape index (κ3) is 3.97. The van der Waals surface area contributed by atoms with Crippen LogP contribution in [0.25, 0.3) is 5.69 Å². The first kappa shape index (κ1) is 16.7. The van der Waals surface area contributed by atoms with Crippen molar-refractivity contribution < 1.29 is 14.7 Å². The summed E-state index contributed by atoms with van der Waals surface area (Å²) in [4.78, 5) is 23.3. The third-order valence-corrected chi connectivity index (χ3v) is 3.56. The molecule has 6 heteroatoms. The molecule has 0 radical (unpaired) electrons. The standard InChI is InChI=1S/C17H21N3O3/c1-4-5-15(17(22)23)18-16(21)13-6-8-14(9-7-13)20-12(3)10-11(2)19-20/h6-10,15H,4-5H2,1-3H3,(H,18,21)(H,22,23). The van der Waals surface area contributed by atoms with Crippen molar-refractivity contribution in [1.29, 1.82) is 0 Å². The minimum atomic E-state index is -1.01. The molecule has 0 bridgehead atoms. The van der Waals surface area contributed by atoms with Crippen LogP contribution in [-0.2, 0) is 4.79 Å². The molecular weight excluding hydrogens is 294 g/mol. The molecule has 1 heterocycles. The van der Waals surface area contributed by atoms with Crippen LogP contribution in [0.3, 0.4) is 0 Å². The van der Waals surface area contributed by atoms with E-state index < -0.39 is 12.0 Å². The van der Waals surface area contributed by atoms with E-state index in [1.807, 2.05) is 26.8 Å². The predicted octanol–water partition coefficient (Wildman–Crippen LogP) is 2.47. The van der Waals surface area contributed by atoms with Crippen LogP contribution in [0.5, 0.6) is 0 Å². The zero-order valence-corrected chi connectivity index (χ0v) is 13.5. The van der Waals surface area contributed by atoms with Crippen LogP contribution in [0.15, 0.2) is 30.3 Å². The molecule has 0 saturated carbocycles. The maximum Gasteiger partial charge on any atom is 0.326 e. The second-order valence-electron chi connectivity index (χ2n) is 5.54. The summed E-state index contributed by atoms with van der Waals surface area (Å²) < 4.78 is 1.80. The highest BCUT2D eigenvalue weighted by Crippen LogP contribution is 2.13. The Labute approximate surface area is 135 Å². The topological polar surface area (TPSA) is 84.2 Å². The molecule has 0 aliphatic rings. The smallest absolute Gasteiger partial charge is 0.326 e. The molecule has 0 aliphatic carbocycles. The molecule has 2 N–H and O–H groups in total. The molecule has 1 aromatic carbocycles. The van der Waals surface area contributed by atoms with Gasteiger partial charge in [-0.2, -0.15) is 5.10 Å². The first-order valence-corrected chi connectivity index (χ1v) is 7.59. The minimum Gasteiger partial charge on any atom is -0.480 e. The van der Waals surface area contributed by atoms with Crippen LogP contribution >= 0.6 is 0 Å². The maximum absolute atomic E-state index is 12.2. The molecule has 1 atom stereocenters. The number of nitrogens with zero attached hydrogens (tertiary/aromatic N) is 2. The van der Waals surface area contributed by atoms with Crippen molar-refractivity contribution in [3.63, 3.8) is 0 Å². The summed E-state index contributed by atoms with van der Waals surface area (Å²) in [6.07, 6.45) is 1.10. The predicted molar refractivity (Wildman–Crippen MR) is 86.8 cm³/mol. The zero-order valence-electron chi connectivity index (χ0n) is 13.5. The summed E-state index contributed by atoms with van der Waals surface area (Å²) in [5.41, 5.74) is 3.22. The maximum atomic E-state index is 12.2. The number of rotatable bonds is 6. The Morgan fingerprint density at radius 1 is 1.26 bits per heavy atom. The van der Waals surface area contributed by atoms with Crippen molar-refractivity contribution >= 4 is 11.9 Å². The van der Waals surface area contributed by atoms with E-state index in [1.54, 1.807) is 28.9 Å². The number of hydrogen-bond acceptors (Lipinski definition) is 3. The molecule has 2 aromatic rings. The molecule has 0 spiro atoms. The van der Waals surface area contributed by atoms with Gasteiger partial charge in [-0.15, -0.1) is 0 Å². The van der Waals surface area contributed by atoms with Crippen LogP contribution in [-0.4, -0.2) is 32.8 Å². The summed E-state index contributed by atoms with van der Waals surface area (Å²) in [6.45, 7) is 5.76. The van der Waals surface area contributed by atoms with Gasteiger partial charge in [0, 0.05) is 11.3 Å². The van der Waals surface area contributed by atoms with Crippen LogP contribution in [0, 0.1) is 13.8 Å². The van der Waals surface area contributed by atoms with Crippen LogP contribution < -0.4 is 5.32 Å². The van der Waals surface area contributed by atoms with Crippen molar-refractivity contribution in [2.24, 2.45) is 0 Å². The van der Waals surface area contributed by atoms with E-state index in [9.17, 15) is 9.59 Å². The minimum absolute atomic E-state index is 0.384. The summed E-state index contributed by atoms with van der Waals surface area (Å²) >= 11 is 0. The van der Waals surface area contributed by atoms with Gasteiger partial charge in [0.05, 0.1) is 11.4 Å². The van der Waals surface area contributed by atoms with Gasteiger partial charge in [-0.3, -0.25) is 4.79 Å². The Morgan fingerprint density at radius 3 is 2.39 bits per heavy atom. The number of hydrogen-bond donors (Lipinski definition) is 2. The van der Waals surface area contributed by atoms with Gasteiger partial charge in [-0.1, -0.05) is 13.3 Å². The van der Waals surface area contributed by atoms with Crippen molar-refractivity contribution in [3.05, 3.63) is 47.3 Å². The van der Waals surface area contributed by atoms with Crippen LogP contribution in [0.4, 0.5) is 0 Å². The zero-order chi connectivity index (χ0) is 17.0. The van der Waals surface area contributed by atoms with Gasteiger partial charge in [0.2, 0.25) is 0 Å². The molecule has 122 valence electrons. The molecule has 0 saturated heterocycles. The largest absolute Gasteiger partial charge is 0.480 e. The van der Waals surface area contributed by atoms with Crippen molar-refractivity contribution in [2.45, 2.75) is 39.7 Å². The highest BCUT2D eigenvalue weighted by Gasteiger charge is 2.19. The lowest BCUT2D eigenvalue weighted by atomic mass is 10.1. The quantitative estimate of drug-likeness (QED) is 0.857. The Bertz CT molecular complexity index is 704. The summed E-state index contributed by atoms with van der Waals surface area (Å²) in [7, 11) is 0. The SMILES string of the molecule is CCCC(NC(=O)c1ccc(-n2nc(C)cc2C)cc1)C(=O)O. The Morgan fingerprint density at radius 2 is 1.91 bits per heavy atom. The van der Waals surface area contributed by atoms with E-state index in [-0.39, 0.29) is 5.91 Å². The number of aromatic nitrogens is 2. The van der Waals surface area contributed by atoms with Gasteiger partial charge < -0.3 is 10.4 Å². The number of carbonyl (C=O) groups excluding carboxylic acids is 1.